The molecule has 0 unspecified atom stereocenters. The molecule has 0 aliphatic carbocycles. The topological polar surface area (TPSA) is 66.7 Å². The van der Waals surface area contributed by atoms with Gasteiger partial charge in [-0.15, -0.1) is 24.8 Å². The third-order valence-electron chi connectivity index (χ3n) is 3.70. The number of nitrogens with zero attached hydrogens (tertiary/aromatic N) is 3. The van der Waals surface area contributed by atoms with Crippen LogP contribution in [0.25, 0.3) is 5.65 Å². The van der Waals surface area contributed by atoms with Crippen LogP contribution in [0.4, 0.5) is 13.2 Å². The number of alkyl halides is 3. The normalized spacial score (nSPS) is 14.8. The van der Waals surface area contributed by atoms with E-state index in [1.165, 1.54) is 0 Å². The summed E-state index contributed by atoms with van der Waals surface area (Å²) < 4.78 is 62.0. The molecule has 0 radical (unpaired) electrons. The van der Waals surface area contributed by atoms with Crippen molar-refractivity contribution in [1.82, 2.24) is 19.0 Å². The maximum atomic E-state index is 12.2. The van der Waals surface area contributed by atoms with E-state index in [4.69, 9.17) is 0 Å². The van der Waals surface area contributed by atoms with E-state index in [2.05, 4.69) is 9.38 Å². The number of imidazole rings is 1. The Morgan fingerprint density at radius 1 is 1.16 bits per heavy atom. The van der Waals surface area contributed by atoms with Crippen LogP contribution in [0.3, 0.4) is 0 Å². The smallest absolute Gasteiger partial charge is 0.298 e. The molecule has 25 heavy (non-hydrogen) atoms. The highest BCUT2D eigenvalue weighted by Crippen LogP contribution is 2.22. The number of aromatic nitrogens is 2. The lowest BCUT2D eigenvalue weighted by Crippen LogP contribution is -2.38. The van der Waals surface area contributed by atoms with E-state index in [9.17, 15) is 21.6 Å². The molecule has 3 heterocycles. The molecule has 0 saturated carbocycles. The summed E-state index contributed by atoms with van der Waals surface area (Å²) in [6.07, 6.45) is 2.07. The average molecular weight is 421 g/mol. The molecule has 3 rings (SSSR count). The molecule has 0 fully saturated rings. The molecule has 0 amide bonds. The Bertz CT molecular complexity index is 826. The molecule has 12 heteroatoms. The number of rotatable bonds is 5. The highest BCUT2D eigenvalue weighted by Gasteiger charge is 2.45. The molecule has 2 aromatic rings. The van der Waals surface area contributed by atoms with Crippen LogP contribution >= 0.6 is 24.8 Å². The van der Waals surface area contributed by atoms with E-state index in [0.717, 1.165) is 17.0 Å². The Morgan fingerprint density at radius 3 is 2.52 bits per heavy atom. The molecule has 1 aliphatic rings. The summed E-state index contributed by atoms with van der Waals surface area (Å²) in [6, 6.07) is 5.79. The standard InChI is InChI=1S/C13H15F3N4O2S.2ClH/c14-13(15,16)23(21,22)18-5-2-6-19-8-10-3-1-4-12-17-7-11(9-19)20(10)12;;/h1,3-4,7,18H,2,5-6,8-9H2;2*1H. The van der Waals surface area contributed by atoms with Gasteiger partial charge >= 0.3 is 15.5 Å². The maximum Gasteiger partial charge on any atom is 0.511 e. The number of hydrogen-bond donors (Lipinski definition) is 1. The van der Waals surface area contributed by atoms with Crippen molar-refractivity contribution < 1.29 is 21.6 Å². The van der Waals surface area contributed by atoms with Gasteiger partial charge in [0.1, 0.15) is 5.65 Å². The van der Waals surface area contributed by atoms with Gasteiger partial charge in [0.05, 0.1) is 11.9 Å². The van der Waals surface area contributed by atoms with Gasteiger partial charge in [0.15, 0.2) is 0 Å². The molecule has 0 aromatic carbocycles. The van der Waals surface area contributed by atoms with Gasteiger partial charge in [-0.1, -0.05) is 6.07 Å². The molecule has 6 nitrogen and oxygen atoms in total. The van der Waals surface area contributed by atoms with Gasteiger partial charge in [-0.3, -0.25) is 9.30 Å². The number of sulfonamides is 1. The first kappa shape index (κ1) is 22.0. The summed E-state index contributed by atoms with van der Waals surface area (Å²) in [5.41, 5.74) is -2.33. The monoisotopic (exact) mass is 420 g/mol. The number of halogens is 5. The molecular formula is C13H17Cl2F3N4O2S. The van der Waals surface area contributed by atoms with Crippen LogP contribution in [-0.2, 0) is 23.1 Å². The zero-order valence-electron chi connectivity index (χ0n) is 12.9. The number of nitrogens with one attached hydrogen (secondary N) is 1. The van der Waals surface area contributed by atoms with Gasteiger partial charge in [0.2, 0.25) is 0 Å². The summed E-state index contributed by atoms with van der Waals surface area (Å²) in [5.74, 6) is 0. The Kier molecular flexibility index (Phi) is 7.11. The van der Waals surface area contributed by atoms with E-state index in [-0.39, 0.29) is 31.4 Å². The van der Waals surface area contributed by atoms with Crippen molar-refractivity contribution in [3.05, 3.63) is 35.8 Å². The van der Waals surface area contributed by atoms with Crippen LogP contribution in [0.15, 0.2) is 24.4 Å². The van der Waals surface area contributed by atoms with Crippen molar-refractivity contribution in [2.45, 2.75) is 25.0 Å². The van der Waals surface area contributed by atoms with Crippen LogP contribution in [0.2, 0.25) is 0 Å². The Morgan fingerprint density at radius 2 is 1.84 bits per heavy atom. The van der Waals surface area contributed by atoms with Crippen LogP contribution in [0.5, 0.6) is 0 Å². The number of pyridine rings is 1. The minimum atomic E-state index is -5.26. The molecule has 2 aromatic heterocycles. The van der Waals surface area contributed by atoms with Gasteiger partial charge in [-0.2, -0.15) is 13.2 Å². The molecule has 0 spiro atoms. The molecular weight excluding hydrogens is 404 g/mol. The SMILES string of the molecule is Cl.Cl.O=S(=O)(NCCCN1Cc2cccc3ncc(n23)C1)C(F)(F)F. The van der Waals surface area contributed by atoms with Crippen LogP contribution in [0, 0.1) is 0 Å². The minimum absolute atomic E-state index is 0. The van der Waals surface area contributed by atoms with Crippen molar-refractivity contribution >= 4 is 40.5 Å². The lowest BCUT2D eigenvalue weighted by atomic mass is 10.2. The molecule has 142 valence electrons. The predicted molar refractivity (Wildman–Crippen MR) is 91.4 cm³/mol. The zero-order chi connectivity index (χ0) is 16.7. The highest BCUT2D eigenvalue weighted by atomic mass is 35.5. The second kappa shape index (κ2) is 8.09. The zero-order valence-corrected chi connectivity index (χ0v) is 15.3. The van der Waals surface area contributed by atoms with Crippen molar-refractivity contribution in [3.63, 3.8) is 0 Å². The first-order valence-electron chi connectivity index (χ1n) is 7.00. The number of hydrogen-bond acceptors (Lipinski definition) is 4. The fourth-order valence-electron chi connectivity index (χ4n) is 2.67. The van der Waals surface area contributed by atoms with Crippen molar-refractivity contribution in [3.8, 4) is 0 Å². The van der Waals surface area contributed by atoms with Gasteiger partial charge in [0.25, 0.3) is 0 Å². The van der Waals surface area contributed by atoms with E-state index < -0.39 is 15.5 Å². The summed E-state index contributed by atoms with van der Waals surface area (Å²) in [6.45, 7) is 1.51. The highest BCUT2D eigenvalue weighted by molar-refractivity contribution is 7.90. The van der Waals surface area contributed by atoms with Gasteiger partial charge in [-0.05, 0) is 18.6 Å². The first-order valence-corrected chi connectivity index (χ1v) is 8.49. The average Bonchev–Trinajstić information content (AvgIpc) is 2.88. The third-order valence-corrected chi connectivity index (χ3v) is 4.90. The summed E-state index contributed by atoms with van der Waals surface area (Å²) in [7, 11) is -5.26. The Labute approximate surface area is 155 Å². The van der Waals surface area contributed by atoms with E-state index in [1.54, 1.807) is 10.9 Å². The fourth-order valence-corrected chi connectivity index (χ4v) is 3.25. The molecule has 1 N–H and O–H groups in total. The Balaban J connectivity index is 0.00000156. The predicted octanol–water partition coefficient (Wildman–Crippen LogP) is 2.32. The lowest BCUT2D eigenvalue weighted by Gasteiger charge is -2.27. The second-order valence-corrected chi connectivity index (χ2v) is 7.13. The van der Waals surface area contributed by atoms with Gasteiger partial charge in [0, 0.05) is 31.9 Å². The van der Waals surface area contributed by atoms with E-state index in [1.807, 2.05) is 23.1 Å². The van der Waals surface area contributed by atoms with E-state index >= 15 is 0 Å². The first-order chi connectivity index (χ1) is 10.8. The van der Waals surface area contributed by atoms with Crippen LogP contribution in [0.1, 0.15) is 17.8 Å². The van der Waals surface area contributed by atoms with Crippen molar-refractivity contribution in [1.29, 1.82) is 0 Å². The van der Waals surface area contributed by atoms with Gasteiger partial charge < -0.3 is 0 Å². The Hall–Kier alpha value is -1.07. The summed E-state index contributed by atoms with van der Waals surface area (Å²) in [4.78, 5) is 6.35. The molecule has 0 atom stereocenters. The van der Waals surface area contributed by atoms with Crippen LogP contribution < -0.4 is 4.72 Å². The van der Waals surface area contributed by atoms with Crippen LogP contribution in [-0.4, -0.2) is 41.3 Å². The van der Waals surface area contributed by atoms with Crippen molar-refractivity contribution in [2.75, 3.05) is 13.1 Å². The van der Waals surface area contributed by atoms with Crippen molar-refractivity contribution in [2.24, 2.45) is 0 Å². The van der Waals surface area contributed by atoms with E-state index in [0.29, 0.717) is 26.1 Å². The molecule has 0 saturated heterocycles. The summed E-state index contributed by atoms with van der Waals surface area (Å²) >= 11 is 0. The minimum Gasteiger partial charge on any atom is -0.298 e. The fraction of sp³-hybridized carbons (Fsp3) is 0.462. The third kappa shape index (κ3) is 4.56. The summed E-state index contributed by atoms with van der Waals surface area (Å²) in [5, 5.41) is 0. The maximum absolute atomic E-state index is 12.2. The molecule has 1 aliphatic heterocycles. The second-order valence-electron chi connectivity index (χ2n) is 5.37. The lowest BCUT2D eigenvalue weighted by molar-refractivity contribution is -0.0447. The largest absolute Gasteiger partial charge is 0.511 e. The quantitative estimate of drug-likeness (QED) is 0.753. The van der Waals surface area contributed by atoms with Gasteiger partial charge in [-0.25, -0.2) is 18.1 Å². The molecule has 0 bridgehead atoms.